The first-order chi connectivity index (χ1) is 7.65. The lowest BCUT2D eigenvalue weighted by Gasteiger charge is -2.24. The molecule has 3 nitrogen and oxygen atoms in total. The van der Waals surface area contributed by atoms with Crippen LogP contribution >= 0.6 is 0 Å². The van der Waals surface area contributed by atoms with Crippen molar-refractivity contribution in [2.45, 2.75) is 19.8 Å². The molecule has 0 aliphatic rings. The number of benzene rings is 1. The molecule has 3 heteroatoms. The highest BCUT2D eigenvalue weighted by atomic mass is 16.5. The smallest absolute Gasteiger partial charge is 0.122 e. The molecule has 1 rings (SSSR count). The highest BCUT2D eigenvalue weighted by Crippen LogP contribution is 2.33. The third-order valence-electron chi connectivity index (χ3n) is 3.27. The third-order valence-corrected chi connectivity index (χ3v) is 3.27. The van der Waals surface area contributed by atoms with Crippen LogP contribution in [0.25, 0.3) is 0 Å². The summed E-state index contributed by atoms with van der Waals surface area (Å²) >= 11 is 0. The maximum atomic E-state index is 5.74. The van der Waals surface area contributed by atoms with Gasteiger partial charge in [-0.3, -0.25) is 0 Å². The van der Waals surface area contributed by atoms with E-state index in [0.29, 0.717) is 24.9 Å². The molecular weight excluding hydrogens is 200 g/mol. The van der Waals surface area contributed by atoms with Crippen LogP contribution in [-0.2, 0) is 0 Å². The number of hydrogen-bond donors (Lipinski definition) is 2. The number of methoxy groups -OCH3 is 1. The van der Waals surface area contributed by atoms with Gasteiger partial charge >= 0.3 is 0 Å². The van der Waals surface area contributed by atoms with Gasteiger partial charge in [0.05, 0.1) is 7.11 Å². The van der Waals surface area contributed by atoms with Gasteiger partial charge in [0, 0.05) is 5.56 Å². The maximum absolute atomic E-state index is 5.74. The summed E-state index contributed by atoms with van der Waals surface area (Å²) in [6.07, 6.45) is 0. The van der Waals surface area contributed by atoms with E-state index in [9.17, 15) is 0 Å². The second-order valence-electron chi connectivity index (χ2n) is 4.21. The lowest BCUT2D eigenvalue weighted by molar-refractivity contribution is 0.391. The van der Waals surface area contributed by atoms with Gasteiger partial charge in [-0.25, -0.2) is 0 Å². The van der Waals surface area contributed by atoms with E-state index in [1.165, 1.54) is 11.1 Å². The van der Waals surface area contributed by atoms with Crippen molar-refractivity contribution in [2.75, 3.05) is 20.2 Å². The Bertz CT molecular complexity index is 335. The van der Waals surface area contributed by atoms with E-state index in [2.05, 4.69) is 19.9 Å². The average molecular weight is 222 g/mol. The Hall–Kier alpha value is -1.06. The van der Waals surface area contributed by atoms with E-state index in [1.54, 1.807) is 7.11 Å². The van der Waals surface area contributed by atoms with Gasteiger partial charge in [-0.1, -0.05) is 19.1 Å². The zero-order valence-electron chi connectivity index (χ0n) is 10.4. The van der Waals surface area contributed by atoms with Crippen molar-refractivity contribution >= 4 is 0 Å². The molecule has 4 N–H and O–H groups in total. The summed E-state index contributed by atoms with van der Waals surface area (Å²) in [5, 5.41) is 0. The van der Waals surface area contributed by atoms with E-state index in [-0.39, 0.29) is 0 Å². The first-order valence-corrected chi connectivity index (χ1v) is 5.69. The third kappa shape index (κ3) is 2.54. The first-order valence-electron chi connectivity index (χ1n) is 5.69. The number of nitrogens with two attached hydrogens (primary N) is 2. The minimum absolute atomic E-state index is 0.301. The van der Waals surface area contributed by atoms with Crippen molar-refractivity contribution in [3.63, 3.8) is 0 Å². The van der Waals surface area contributed by atoms with Crippen molar-refractivity contribution in [1.82, 2.24) is 0 Å². The molecule has 0 aliphatic carbocycles. The maximum Gasteiger partial charge on any atom is 0.122 e. The number of hydrogen-bond acceptors (Lipinski definition) is 3. The number of ether oxygens (including phenoxy) is 1. The van der Waals surface area contributed by atoms with Crippen molar-refractivity contribution in [3.05, 3.63) is 29.3 Å². The van der Waals surface area contributed by atoms with E-state index in [1.807, 2.05) is 12.1 Å². The van der Waals surface area contributed by atoms with Gasteiger partial charge in [0.25, 0.3) is 0 Å². The van der Waals surface area contributed by atoms with Gasteiger partial charge in [0.15, 0.2) is 0 Å². The fourth-order valence-corrected chi connectivity index (χ4v) is 2.16. The van der Waals surface area contributed by atoms with Crippen molar-refractivity contribution < 1.29 is 4.74 Å². The molecule has 1 aromatic rings. The zero-order chi connectivity index (χ0) is 12.1. The molecule has 0 aromatic heterocycles. The summed E-state index contributed by atoms with van der Waals surface area (Å²) in [6.45, 7) is 5.47. The van der Waals surface area contributed by atoms with Gasteiger partial charge in [-0.2, -0.15) is 0 Å². The molecule has 90 valence electrons. The fraction of sp³-hybridized carbons (Fsp3) is 0.538. The summed E-state index contributed by atoms with van der Waals surface area (Å²) in [6, 6.07) is 6.09. The van der Waals surface area contributed by atoms with Crippen LogP contribution in [0.15, 0.2) is 18.2 Å². The molecule has 0 aliphatic heterocycles. The predicted octanol–water partition coefficient (Wildman–Crippen LogP) is 1.64. The van der Waals surface area contributed by atoms with Crippen LogP contribution < -0.4 is 16.2 Å². The summed E-state index contributed by atoms with van der Waals surface area (Å²) in [5.41, 5.74) is 13.9. The van der Waals surface area contributed by atoms with Crippen molar-refractivity contribution in [2.24, 2.45) is 17.4 Å². The van der Waals surface area contributed by atoms with E-state index >= 15 is 0 Å². The molecular formula is C13H22N2O. The predicted molar refractivity (Wildman–Crippen MR) is 67.7 cm³/mol. The molecule has 1 unspecified atom stereocenters. The molecule has 1 aromatic carbocycles. The molecule has 0 fully saturated rings. The van der Waals surface area contributed by atoms with Gasteiger partial charge < -0.3 is 16.2 Å². The van der Waals surface area contributed by atoms with Gasteiger partial charge in [-0.15, -0.1) is 0 Å². The zero-order valence-corrected chi connectivity index (χ0v) is 10.4. The minimum Gasteiger partial charge on any atom is -0.496 e. The lowest BCUT2D eigenvalue weighted by atomic mass is 9.85. The van der Waals surface area contributed by atoms with Crippen LogP contribution in [0.1, 0.15) is 24.0 Å². The van der Waals surface area contributed by atoms with E-state index < -0.39 is 0 Å². The Kier molecular flexibility index (Phi) is 4.77. The Morgan fingerprint density at radius 3 is 2.38 bits per heavy atom. The summed E-state index contributed by atoms with van der Waals surface area (Å²) in [5.74, 6) is 1.56. The fourth-order valence-electron chi connectivity index (χ4n) is 2.16. The van der Waals surface area contributed by atoms with Crippen LogP contribution in [0.5, 0.6) is 5.75 Å². The molecule has 0 radical (unpaired) electrons. The van der Waals surface area contributed by atoms with Crippen molar-refractivity contribution in [3.8, 4) is 5.75 Å². The van der Waals surface area contributed by atoms with Crippen LogP contribution in [0, 0.1) is 12.8 Å². The van der Waals surface area contributed by atoms with Crippen molar-refractivity contribution in [1.29, 1.82) is 0 Å². The molecule has 1 atom stereocenters. The lowest BCUT2D eigenvalue weighted by Crippen LogP contribution is -2.28. The SMILES string of the molecule is COc1cccc(C)c1C(C)C(CN)CN. The highest BCUT2D eigenvalue weighted by molar-refractivity contribution is 5.42. The number of rotatable bonds is 5. The summed E-state index contributed by atoms with van der Waals surface area (Å²) < 4.78 is 5.40. The first kappa shape index (κ1) is 13.0. The van der Waals surface area contributed by atoms with Crippen LogP contribution in [0.4, 0.5) is 0 Å². The Morgan fingerprint density at radius 2 is 1.88 bits per heavy atom. The second-order valence-corrected chi connectivity index (χ2v) is 4.21. The highest BCUT2D eigenvalue weighted by Gasteiger charge is 2.21. The quantitative estimate of drug-likeness (QED) is 0.796. The van der Waals surface area contributed by atoms with Gasteiger partial charge in [0.2, 0.25) is 0 Å². The van der Waals surface area contributed by atoms with Crippen LogP contribution in [-0.4, -0.2) is 20.2 Å². The molecule has 0 spiro atoms. The Balaban J connectivity index is 3.10. The molecule has 0 saturated heterocycles. The van der Waals surface area contributed by atoms with E-state index in [0.717, 1.165) is 5.75 Å². The Morgan fingerprint density at radius 1 is 1.25 bits per heavy atom. The standard InChI is InChI=1S/C13H22N2O/c1-9-5-4-6-12(16-3)13(9)10(2)11(7-14)8-15/h4-6,10-11H,7-8,14-15H2,1-3H3. The molecule has 0 amide bonds. The summed E-state index contributed by atoms with van der Waals surface area (Å²) in [7, 11) is 1.70. The molecule has 0 bridgehead atoms. The van der Waals surface area contributed by atoms with Crippen LogP contribution in [0.2, 0.25) is 0 Å². The number of aryl methyl sites for hydroxylation is 1. The monoisotopic (exact) mass is 222 g/mol. The second kappa shape index (κ2) is 5.87. The normalized spacial score (nSPS) is 12.9. The van der Waals surface area contributed by atoms with E-state index in [4.69, 9.17) is 16.2 Å². The average Bonchev–Trinajstić information content (AvgIpc) is 2.29. The Labute approximate surface area is 97.8 Å². The topological polar surface area (TPSA) is 61.3 Å². The van der Waals surface area contributed by atoms with Gasteiger partial charge in [-0.05, 0) is 43.5 Å². The molecule has 0 heterocycles. The minimum atomic E-state index is 0.301. The molecule has 16 heavy (non-hydrogen) atoms. The molecule has 0 saturated carbocycles. The largest absolute Gasteiger partial charge is 0.496 e. The summed E-state index contributed by atoms with van der Waals surface area (Å²) in [4.78, 5) is 0. The van der Waals surface area contributed by atoms with Crippen LogP contribution in [0.3, 0.4) is 0 Å². The van der Waals surface area contributed by atoms with Gasteiger partial charge in [0.1, 0.15) is 5.75 Å².